The molecule has 1 N–H and O–H groups in total. The maximum Gasteiger partial charge on any atom is 0.334 e. The Morgan fingerprint density at radius 3 is 2.70 bits per heavy atom. The van der Waals surface area contributed by atoms with Crippen LogP contribution in [0.1, 0.15) is 19.5 Å². The fourth-order valence-electron chi connectivity index (χ4n) is 3.28. The number of hydrogen-bond acceptors (Lipinski definition) is 7. The number of amides is 1. The monoisotopic (exact) mass is 377 g/mol. The number of anilines is 2. The predicted molar refractivity (Wildman–Crippen MR) is 96.7 cm³/mol. The highest BCUT2D eigenvalue weighted by molar-refractivity contribution is 5.76. The van der Waals surface area contributed by atoms with Gasteiger partial charge >= 0.3 is 5.69 Å². The van der Waals surface area contributed by atoms with Gasteiger partial charge in [0.1, 0.15) is 12.2 Å². The first-order valence-electron chi connectivity index (χ1n) is 8.65. The van der Waals surface area contributed by atoms with Crippen LogP contribution >= 0.6 is 0 Å². The third kappa shape index (κ3) is 4.08. The third-order valence-electron chi connectivity index (χ3n) is 4.34. The van der Waals surface area contributed by atoms with E-state index in [0.29, 0.717) is 24.5 Å². The Balaban J connectivity index is 1.69. The molecule has 27 heavy (non-hydrogen) atoms. The fourth-order valence-corrected chi connectivity index (χ4v) is 3.28. The highest BCUT2D eigenvalue weighted by Crippen LogP contribution is 2.29. The van der Waals surface area contributed by atoms with Crippen LogP contribution in [-0.4, -0.2) is 60.6 Å². The Bertz CT molecular complexity index is 849. The highest BCUT2D eigenvalue weighted by atomic mass is 16.6. The highest BCUT2D eigenvalue weighted by Gasteiger charge is 2.27. The summed E-state index contributed by atoms with van der Waals surface area (Å²) in [4.78, 5) is 25.1. The van der Waals surface area contributed by atoms with Crippen LogP contribution in [0.3, 0.4) is 0 Å². The van der Waals surface area contributed by atoms with Crippen molar-refractivity contribution in [1.29, 1.82) is 0 Å². The summed E-state index contributed by atoms with van der Waals surface area (Å²) in [6, 6.07) is 0. The molecule has 1 fully saturated rings. The quantitative estimate of drug-likeness (QED) is 0.614. The van der Waals surface area contributed by atoms with E-state index in [4.69, 9.17) is 4.74 Å². The largest absolute Gasteiger partial charge is 0.372 e. The average molecular weight is 377 g/mol. The first kappa shape index (κ1) is 18.8. The van der Waals surface area contributed by atoms with Gasteiger partial charge in [-0.2, -0.15) is 10.2 Å². The number of nitrogens with zero attached hydrogens (tertiary/aromatic N) is 6. The zero-order chi connectivity index (χ0) is 19.7. The van der Waals surface area contributed by atoms with Crippen LogP contribution in [0.2, 0.25) is 0 Å². The van der Waals surface area contributed by atoms with Gasteiger partial charge in [0.15, 0.2) is 0 Å². The van der Waals surface area contributed by atoms with E-state index in [1.165, 1.54) is 15.6 Å². The van der Waals surface area contributed by atoms with Gasteiger partial charge in [-0.1, -0.05) is 0 Å². The summed E-state index contributed by atoms with van der Waals surface area (Å²) in [5.41, 5.74) is 0.776. The summed E-state index contributed by atoms with van der Waals surface area (Å²) in [6.45, 7) is 6.65. The van der Waals surface area contributed by atoms with Crippen LogP contribution in [0.25, 0.3) is 0 Å². The maximum atomic E-state index is 12.5. The standard InChI is InChI=1S/C16H23N7O4/c1-10-6-21(7-11(2)27-10)14(24)9-22-8-13(5-17-22)18-16-15(23(25)26)12(3)19-20(16)4/h5,8,10-11,18H,6-7,9H2,1-4H3. The minimum atomic E-state index is -0.473. The van der Waals surface area contributed by atoms with E-state index in [-0.39, 0.29) is 36.2 Å². The Kier molecular flexibility index (Phi) is 5.13. The second kappa shape index (κ2) is 7.35. The molecule has 0 radical (unpaired) electrons. The molecule has 0 saturated carbocycles. The summed E-state index contributed by atoms with van der Waals surface area (Å²) in [5.74, 6) is 0.216. The molecule has 1 saturated heterocycles. The number of carbonyl (C=O) groups is 1. The van der Waals surface area contributed by atoms with E-state index in [9.17, 15) is 14.9 Å². The second-order valence-electron chi connectivity index (χ2n) is 6.77. The minimum absolute atomic E-state index is 0.00109. The molecule has 11 heteroatoms. The van der Waals surface area contributed by atoms with E-state index in [1.54, 1.807) is 25.1 Å². The first-order chi connectivity index (χ1) is 12.7. The number of carbonyl (C=O) groups excluding carboxylic acids is 1. The Morgan fingerprint density at radius 1 is 1.41 bits per heavy atom. The smallest absolute Gasteiger partial charge is 0.334 e. The van der Waals surface area contributed by atoms with Crippen LogP contribution < -0.4 is 5.32 Å². The van der Waals surface area contributed by atoms with Gasteiger partial charge in [-0.3, -0.25) is 19.6 Å². The van der Waals surface area contributed by atoms with Gasteiger partial charge in [0.25, 0.3) is 0 Å². The van der Waals surface area contributed by atoms with Crippen molar-refractivity contribution in [1.82, 2.24) is 24.5 Å². The third-order valence-corrected chi connectivity index (χ3v) is 4.34. The van der Waals surface area contributed by atoms with Crippen molar-refractivity contribution in [3.63, 3.8) is 0 Å². The maximum absolute atomic E-state index is 12.5. The van der Waals surface area contributed by atoms with Crippen molar-refractivity contribution in [2.75, 3.05) is 18.4 Å². The molecule has 3 rings (SSSR count). The lowest BCUT2D eigenvalue weighted by molar-refractivity contribution is -0.384. The molecule has 2 aromatic heterocycles. The van der Waals surface area contributed by atoms with Gasteiger partial charge in [-0.25, -0.2) is 4.68 Å². The molecular weight excluding hydrogens is 354 g/mol. The summed E-state index contributed by atoms with van der Waals surface area (Å²) in [7, 11) is 1.62. The predicted octanol–water partition coefficient (Wildman–Crippen LogP) is 1.21. The zero-order valence-electron chi connectivity index (χ0n) is 15.7. The molecule has 11 nitrogen and oxygen atoms in total. The van der Waals surface area contributed by atoms with Crippen molar-refractivity contribution in [2.24, 2.45) is 7.05 Å². The molecule has 146 valence electrons. The molecule has 0 aromatic carbocycles. The van der Waals surface area contributed by atoms with Crippen LogP contribution in [0.5, 0.6) is 0 Å². The van der Waals surface area contributed by atoms with Crippen LogP contribution in [-0.2, 0) is 23.1 Å². The molecule has 0 bridgehead atoms. The lowest BCUT2D eigenvalue weighted by atomic mass is 10.2. The van der Waals surface area contributed by atoms with E-state index in [0.717, 1.165) is 0 Å². The minimum Gasteiger partial charge on any atom is -0.372 e. The average Bonchev–Trinajstić information content (AvgIpc) is 3.10. The molecule has 1 aliphatic rings. The number of rotatable bonds is 5. The number of hydrogen-bond donors (Lipinski definition) is 1. The SMILES string of the molecule is Cc1nn(C)c(Nc2cnn(CC(=O)N3CC(C)OC(C)C3)c2)c1[N+](=O)[O-]. The van der Waals surface area contributed by atoms with Gasteiger partial charge in [0, 0.05) is 26.3 Å². The van der Waals surface area contributed by atoms with Crippen LogP contribution in [0.15, 0.2) is 12.4 Å². The second-order valence-corrected chi connectivity index (χ2v) is 6.77. The normalized spacial score (nSPS) is 19.9. The van der Waals surface area contributed by atoms with Gasteiger partial charge in [-0.15, -0.1) is 0 Å². The summed E-state index contributed by atoms with van der Waals surface area (Å²) in [6.07, 6.45) is 3.16. The molecule has 1 amide bonds. The van der Waals surface area contributed by atoms with Crippen LogP contribution in [0.4, 0.5) is 17.2 Å². The Hall–Kier alpha value is -2.95. The Morgan fingerprint density at radius 2 is 2.07 bits per heavy atom. The molecule has 0 spiro atoms. The van der Waals surface area contributed by atoms with E-state index in [1.807, 2.05) is 13.8 Å². The van der Waals surface area contributed by atoms with Crippen molar-refractivity contribution < 1.29 is 14.5 Å². The van der Waals surface area contributed by atoms with Crippen molar-refractivity contribution in [3.8, 4) is 0 Å². The van der Waals surface area contributed by atoms with E-state index in [2.05, 4.69) is 15.5 Å². The lowest BCUT2D eigenvalue weighted by Gasteiger charge is -2.35. The molecule has 2 atom stereocenters. The molecule has 2 unspecified atom stereocenters. The van der Waals surface area contributed by atoms with Crippen LogP contribution in [0, 0.1) is 17.0 Å². The first-order valence-corrected chi connectivity index (χ1v) is 8.65. The lowest BCUT2D eigenvalue weighted by Crippen LogP contribution is -2.49. The molecule has 2 aromatic rings. The summed E-state index contributed by atoms with van der Waals surface area (Å²) >= 11 is 0. The zero-order valence-corrected chi connectivity index (χ0v) is 15.7. The molecule has 0 aliphatic carbocycles. The Labute approximate surface area is 156 Å². The molecule has 1 aliphatic heterocycles. The van der Waals surface area contributed by atoms with Gasteiger partial charge in [-0.05, 0) is 20.8 Å². The van der Waals surface area contributed by atoms with Crippen molar-refractivity contribution >= 4 is 23.1 Å². The molecular formula is C16H23N7O4. The number of ether oxygens (including phenoxy) is 1. The number of nitro groups is 1. The number of nitrogens with one attached hydrogen (secondary N) is 1. The summed E-state index contributed by atoms with van der Waals surface area (Å²) in [5, 5.41) is 22.5. The number of aromatic nitrogens is 4. The topological polar surface area (TPSA) is 120 Å². The van der Waals surface area contributed by atoms with Gasteiger partial charge in [0.2, 0.25) is 11.7 Å². The van der Waals surface area contributed by atoms with E-state index >= 15 is 0 Å². The van der Waals surface area contributed by atoms with E-state index < -0.39 is 4.92 Å². The summed E-state index contributed by atoms with van der Waals surface area (Å²) < 4.78 is 8.56. The van der Waals surface area contributed by atoms with Gasteiger partial charge < -0.3 is 15.0 Å². The fraction of sp³-hybridized carbons (Fsp3) is 0.562. The molecule has 3 heterocycles. The number of aryl methyl sites for hydroxylation is 2. The van der Waals surface area contributed by atoms with Crippen molar-refractivity contribution in [2.45, 2.75) is 39.5 Å². The van der Waals surface area contributed by atoms with Gasteiger partial charge in [0.05, 0.1) is 29.0 Å². The van der Waals surface area contributed by atoms with Crippen molar-refractivity contribution in [3.05, 3.63) is 28.2 Å². The number of morpholine rings is 1.